The first-order valence-electron chi connectivity index (χ1n) is 6.76. The van der Waals surface area contributed by atoms with Gasteiger partial charge in [-0.1, -0.05) is 0 Å². The Morgan fingerprint density at radius 2 is 1.90 bits per heavy atom. The predicted molar refractivity (Wildman–Crippen MR) is 80.1 cm³/mol. The summed E-state index contributed by atoms with van der Waals surface area (Å²) in [5.74, 6) is -0.454. The zero-order chi connectivity index (χ0) is 15.2. The average molecular weight is 286 g/mol. The SMILES string of the molecule is CCOC(=O)c1ccc(NC(=O)Cc2ccn(C)c2)cc1. The largest absolute Gasteiger partial charge is 0.462 e. The van der Waals surface area contributed by atoms with Crippen LogP contribution < -0.4 is 5.32 Å². The number of carbonyl (C=O) groups excluding carboxylic acids is 2. The number of amides is 1. The summed E-state index contributed by atoms with van der Waals surface area (Å²) >= 11 is 0. The van der Waals surface area contributed by atoms with E-state index >= 15 is 0 Å². The second kappa shape index (κ2) is 6.74. The maximum absolute atomic E-state index is 11.9. The van der Waals surface area contributed by atoms with E-state index in [1.54, 1.807) is 31.2 Å². The number of hydrogen-bond donors (Lipinski definition) is 1. The monoisotopic (exact) mass is 286 g/mol. The van der Waals surface area contributed by atoms with Crippen LogP contribution in [-0.2, 0) is 23.0 Å². The summed E-state index contributed by atoms with van der Waals surface area (Å²) in [6.07, 6.45) is 4.13. The van der Waals surface area contributed by atoms with Gasteiger partial charge in [0.25, 0.3) is 0 Å². The Labute approximate surface area is 123 Å². The molecule has 0 aliphatic carbocycles. The molecule has 1 aromatic carbocycles. The van der Waals surface area contributed by atoms with Gasteiger partial charge >= 0.3 is 5.97 Å². The van der Waals surface area contributed by atoms with E-state index in [2.05, 4.69) is 5.32 Å². The topological polar surface area (TPSA) is 60.3 Å². The molecule has 0 fully saturated rings. The summed E-state index contributed by atoms with van der Waals surface area (Å²) in [4.78, 5) is 23.4. The third-order valence-electron chi connectivity index (χ3n) is 2.94. The smallest absolute Gasteiger partial charge is 0.338 e. The van der Waals surface area contributed by atoms with Gasteiger partial charge in [-0.15, -0.1) is 0 Å². The minimum absolute atomic E-state index is 0.0925. The third kappa shape index (κ3) is 4.21. The number of carbonyl (C=O) groups is 2. The van der Waals surface area contributed by atoms with Crippen LogP contribution in [0.2, 0.25) is 0 Å². The van der Waals surface area contributed by atoms with E-state index in [0.717, 1.165) is 5.56 Å². The number of aromatic nitrogens is 1. The molecule has 0 atom stereocenters. The number of rotatable bonds is 5. The van der Waals surface area contributed by atoms with Gasteiger partial charge in [0.2, 0.25) is 5.91 Å². The molecule has 1 aromatic heterocycles. The highest BCUT2D eigenvalue weighted by Crippen LogP contribution is 2.11. The first-order valence-corrected chi connectivity index (χ1v) is 6.76. The summed E-state index contributed by atoms with van der Waals surface area (Å²) in [6.45, 7) is 2.10. The highest BCUT2D eigenvalue weighted by Gasteiger charge is 2.08. The number of esters is 1. The van der Waals surface area contributed by atoms with Gasteiger partial charge in [0.1, 0.15) is 0 Å². The van der Waals surface area contributed by atoms with E-state index in [-0.39, 0.29) is 11.9 Å². The van der Waals surface area contributed by atoms with Crippen LogP contribution in [0.25, 0.3) is 0 Å². The van der Waals surface area contributed by atoms with Crippen LogP contribution in [-0.4, -0.2) is 23.1 Å². The van der Waals surface area contributed by atoms with Crippen LogP contribution in [0.1, 0.15) is 22.8 Å². The number of anilines is 1. The minimum Gasteiger partial charge on any atom is -0.462 e. The molecular weight excluding hydrogens is 268 g/mol. The van der Waals surface area contributed by atoms with Gasteiger partial charge in [-0.05, 0) is 42.8 Å². The molecule has 1 amide bonds. The number of aryl methyl sites for hydroxylation is 1. The van der Waals surface area contributed by atoms with Crippen molar-refractivity contribution in [2.45, 2.75) is 13.3 Å². The summed E-state index contributed by atoms with van der Waals surface area (Å²) < 4.78 is 6.80. The lowest BCUT2D eigenvalue weighted by Crippen LogP contribution is -2.14. The van der Waals surface area contributed by atoms with E-state index in [9.17, 15) is 9.59 Å². The van der Waals surface area contributed by atoms with Crippen molar-refractivity contribution < 1.29 is 14.3 Å². The maximum atomic E-state index is 11.9. The molecule has 1 heterocycles. The van der Waals surface area contributed by atoms with E-state index in [1.165, 1.54) is 0 Å². The van der Waals surface area contributed by atoms with Crippen LogP contribution in [0.4, 0.5) is 5.69 Å². The second-order valence-electron chi connectivity index (χ2n) is 4.71. The molecule has 2 rings (SSSR count). The van der Waals surface area contributed by atoms with Gasteiger partial charge in [0, 0.05) is 25.1 Å². The van der Waals surface area contributed by atoms with Gasteiger partial charge in [0.05, 0.1) is 18.6 Å². The third-order valence-corrected chi connectivity index (χ3v) is 2.94. The lowest BCUT2D eigenvalue weighted by molar-refractivity contribution is -0.115. The Morgan fingerprint density at radius 3 is 2.48 bits per heavy atom. The van der Waals surface area contributed by atoms with Crippen molar-refractivity contribution in [2.24, 2.45) is 7.05 Å². The molecule has 0 aliphatic heterocycles. The van der Waals surface area contributed by atoms with Crippen molar-refractivity contribution in [2.75, 3.05) is 11.9 Å². The van der Waals surface area contributed by atoms with Gasteiger partial charge in [-0.3, -0.25) is 4.79 Å². The first kappa shape index (κ1) is 14.8. The van der Waals surface area contributed by atoms with Crippen molar-refractivity contribution in [1.82, 2.24) is 4.57 Å². The number of hydrogen-bond acceptors (Lipinski definition) is 3. The van der Waals surface area contributed by atoms with E-state index in [4.69, 9.17) is 4.74 Å². The number of ether oxygens (including phenoxy) is 1. The fourth-order valence-corrected chi connectivity index (χ4v) is 1.96. The molecule has 0 saturated carbocycles. The van der Waals surface area contributed by atoms with Crippen LogP contribution in [0.5, 0.6) is 0 Å². The van der Waals surface area contributed by atoms with Gasteiger partial charge < -0.3 is 14.6 Å². The van der Waals surface area contributed by atoms with Crippen molar-refractivity contribution in [3.63, 3.8) is 0 Å². The lowest BCUT2D eigenvalue weighted by atomic mass is 10.2. The first-order chi connectivity index (χ1) is 10.1. The second-order valence-corrected chi connectivity index (χ2v) is 4.71. The fourth-order valence-electron chi connectivity index (χ4n) is 1.96. The molecule has 5 heteroatoms. The van der Waals surface area contributed by atoms with Crippen LogP contribution in [0.3, 0.4) is 0 Å². The molecule has 1 N–H and O–H groups in total. The highest BCUT2D eigenvalue weighted by molar-refractivity contribution is 5.93. The maximum Gasteiger partial charge on any atom is 0.338 e. The number of nitrogens with one attached hydrogen (secondary N) is 1. The normalized spacial score (nSPS) is 10.2. The fraction of sp³-hybridized carbons (Fsp3) is 0.250. The molecule has 0 saturated heterocycles. The van der Waals surface area contributed by atoms with Crippen molar-refractivity contribution in [3.05, 3.63) is 53.9 Å². The van der Waals surface area contributed by atoms with E-state index in [0.29, 0.717) is 24.3 Å². The Hall–Kier alpha value is -2.56. The molecule has 21 heavy (non-hydrogen) atoms. The molecule has 0 bridgehead atoms. The molecule has 0 radical (unpaired) electrons. The Kier molecular flexibility index (Phi) is 4.77. The van der Waals surface area contributed by atoms with Crippen molar-refractivity contribution in [3.8, 4) is 0 Å². The molecule has 0 spiro atoms. The molecule has 5 nitrogen and oxygen atoms in total. The number of benzene rings is 1. The van der Waals surface area contributed by atoms with Gasteiger partial charge in [0.15, 0.2) is 0 Å². The summed E-state index contributed by atoms with van der Waals surface area (Å²) in [6, 6.07) is 8.56. The number of nitrogens with zero attached hydrogens (tertiary/aromatic N) is 1. The van der Waals surface area contributed by atoms with E-state index in [1.807, 2.05) is 30.1 Å². The zero-order valence-electron chi connectivity index (χ0n) is 12.1. The lowest BCUT2D eigenvalue weighted by Gasteiger charge is -2.06. The molecule has 2 aromatic rings. The Bertz CT molecular complexity index is 629. The average Bonchev–Trinajstić information content (AvgIpc) is 2.85. The van der Waals surface area contributed by atoms with E-state index < -0.39 is 0 Å². The predicted octanol–water partition coefficient (Wildman–Crippen LogP) is 2.38. The summed E-state index contributed by atoms with van der Waals surface area (Å²) in [5.41, 5.74) is 2.08. The van der Waals surface area contributed by atoms with Crippen molar-refractivity contribution in [1.29, 1.82) is 0 Å². The quantitative estimate of drug-likeness (QED) is 0.858. The minimum atomic E-state index is -0.361. The molecule has 110 valence electrons. The summed E-state index contributed by atoms with van der Waals surface area (Å²) in [5, 5.41) is 2.80. The van der Waals surface area contributed by atoms with Gasteiger partial charge in [-0.25, -0.2) is 4.79 Å². The zero-order valence-corrected chi connectivity index (χ0v) is 12.1. The molecular formula is C16H18N2O3. The Morgan fingerprint density at radius 1 is 1.19 bits per heavy atom. The van der Waals surface area contributed by atoms with Crippen LogP contribution >= 0.6 is 0 Å². The summed E-state index contributed by atoms with van der Waals surface area (Å²) in [7, 11) is 1.91. The Balaban J connectivity index is 1.93. The standard InChI is InChI=1S/C16H18N2O3/c1-3-21-16(20)13-4-6-14(7-5-13)17-15(19)10-12-8-9-18(2)11-12/h4-9,11H,3,10H2,1-2H3,(H,17,19). The van der Waals surface area contributed by atoms with Crippen molar-refractivity contribution >= 4 is 17.6 Å². The molecule has 0 aliphatic rings. The molecule has 0 unspecified atom stereocenters. The van der Waals surface area contributed by atoms with Gasteiger partial charge in [-0.2, -0.15) is 0 Å². The highest BCUT2D eigenvalue weighted by atomic mass is 16.5. The van der Waals surface area contributed by atoms with Crippen LogP contribution in [0.15, 0.2) is 42.7 Å². The van der Waals surface area contributed by atoms with Crippen LogP contribution in [0, 0.1) is 0 Å².